The Kier molecular flexibility index (Phi) is 5.20. The van der Waals surface area contributed by atoms with Gasteiger partial charge >= 0.3 is 5.97 Å². The smallest absolute Gasteiger partial charge is 0.337 e. The highest BCUT2D eigenvalue weighted by molar-refractivity contribution is 6.03. The maximum Gasteiger partial charge on any atom is 0.337 e. The highest BCUT2D eigenvalue weighted by atomic mass is 16.5. The van der Waals surface area contributed by atoms with E-state index in [1.807, 2.05) is 58.2 Å². The summed E-state index contributed by atoms with van der Waals surface area (Å²) in [5.41, 5.74) is 4.98. The third-order valence-corrected chi connectivity index (χ3v) is 5.41. The predicted octanol–water partition coefficient (Wildman–Crippen LogP) is 6.40. The molecule has 1 aliphatic rings. The summed E-state index contributed by atoms with van der Waals surface area (Å²) in [7, 11) is 0. The SMILES string of the molecule is Cc1cc2ccccc2c(-c2cccc3c2N=CCC3)c1[C@H](OC(C)(C)C)C(=O)O. The second-order valence-electron chi connectivity index (χ2n) is 8.82. The van der Waals surface area contributed by atoms with Gasteiger partial charge in [0.2, 0.25) is 0 Å². The van der Waals surface area contributed by atoms with Gasteiger partial charge in [-0.2, -0.15) is 0 Å². The predicted molar refractivity (Wildman–Crippen MR) is 122 cm³/mol. The molecule has 0 bridgehead atoms. The molecule has 0 fully saturated rings. The molecule has 4 nitrogen and oxygen atoms in total. The molecular formula is C26H27NO3. The van der Waals surface area contributed by atoms with E-state index in [0.29, 0.717) is 5.56 Å². The van der Waals surface area contributed by atoms with E-state index >= 15 is 0 Å². The molecule has 154 valence electrons. The van der Waals surface area contributed by atoms with Crippen molar-refractivity contribution in [2.45, 2.75) is 52.2 Å². The van der Waals surface area contributed by atoms with Crippen molar-refractivity contribution in [3.05, 3.63) is 65.2 Å². The topological polar surface area (TPSA) is 58.9 Å². The zero-order valence-electron chi connectivity index (χ0n) is 17.9. The summed E-state index contributed by atoms with van der Waals surface area (Å²) in [5, 5.41) is 12.2. The van der Waals surface area contributed by atoms with Crippen molar-refractivity contribution >= 4 is 28.6 Å². The first-order valence-electron chi connectivity index (χ1n) is 10.3. The second-order valence-corrected chi connectivity index (χ2v) is 8.82. The molecule has 0 spiro atoms. The molecule has 30 heavy (non-hydrogen) atoms. The van der Waals surface area contributed by atoms with E-state index in [1.54, 1.807) is 0 Å². The van der Waals surface area contributed by atoms with E-state index in [4.69, 9.17) is 9.73 Å². The van der Waals surface area contributed by atoms with E-state index in [2.05, 4.69) is 24.3 Å². The van der Waals surface area contributed by atoms with Gasteiger partial charge in [0.05, 0.1) is 11.3 Å². The van der Waals surface area contributed by atoms with E-state index < -0.39 is 17.7 Å². The van der Waals surface area contributed by atoms with Gasteiger partial charge < -0.3 is 9.84 Å². The van der Waals surface area contributed by atoms with Gasteiger partial charge in [-0.25, -0.2) is 4.79 Å². The van der Waals surface area contributed by atoms with Crippen molar-refractivity contribution in [3.8, 4) is 11.1 Å². The first kappa shape index (κ1) is 20.3. The van der Waals surface area contributed by atoms with Crippen LogP contribution in [0, 0.1) is 6.92 Å². The number of hydrogen-bond acceptors (Lipinski definition) is 3. The van der Waals surface area contributed by atoms with Crippen LogP contribution in [-0.4, -0.2) is 22.9 Å². The van der Waals surface area contributed by atoms with Gasteiger partial charge in [0.25, 0.3) is 0 Å². The highest BCUT2D eigenvalue weighted by Crippen LogP contribution is 2.45. The summed E-state index contributed by atoms with van der Waals surface area (Å²) in [4.78, 5) is 17.1. The molecule has 0 aromatic heterocycles. The Labute approximate surface area is 177 Å². The van der Waals surface area contributed by atoms with Gasteiger partial charge in [-0.05, 0) is 68.0 Å². The van der Waals surface area contributed by atoms with Crippen LogP contribution < -0.4 is 0 Å². The Morgan fingerprint density at radius 3 is 2.63 bits per heavy atom. The van der Waals surface area contributed by atoms with Crippen molar-refractivity contribution < 1.29 is 14.6 Å². The van der Waals surface area contributed by atoms with Gasteiger partial charge in [0.1, 0.15) is 0 Å². The third-order valence-electron chi connectivity index (χ3n) is 5.41. The van der Waals surface area contributed by atoms with Crippen molar-refractivity contribution in [1.29, 1.82) is 0 Å². The number of benzene rings is 3. The third kappa shape index (κ3) is 3.75. The summed E-state index contributed by atoms with van der Waals surface area (Å²) in [5.74, 6) is -0.988. The van der Waals surface area contributed by atoms with Crippen molar-refractivity contribution in [3.63, 3.8) is 0 Å². The number of aliphatic carboxylic acids is 1. The number of aryl methyl sites for hydroxylation is 2. The largest absolute Gasteiger partial charge is 0.479 e. The van der Waals surface area contributed by atoms with E-state index in [9.17, 15) is 9.90 Å². The Hall–Kier alpha value is -2.98. The Morgan fingerprint density at radius 2 is 1.90 bits per heavy atom. The first-order chi connectivity index (χ1) is 14.3. The quantitative estimate of drug-likeness (QED) is 0.550. The maximum absolute atomic E-state index is 12.4. The molecule has 1 atom stereocenters. The average Bonchev–Trinajstić information content (AvgIpc) is 2.70. The molecule has 0 unspecified atom stereocenters. The van der Waals surface area contributed by atoms with Crippen molar-refractivity contribution in [2.75, 3.05) is 0 Å². The van der Waals surface area contributed by atoms with Gasteiger partial charge in [0.15, 0.2) is 6.10 Å². The fourth-order valence-corrected chi connectivity index (χ4v) is 4.24. The molecule has 0 aliphatic carbocycles. The number of carboxylic acid groups (broad SMARTS) is 1. The Bertz CT molecular complexity index is 1150. The molecule has 1 N–H and O–H groups in total. The molecule has 4 heteroatoms. The van der Waals surface area contributed by atoms with Gasteiger partial charge in [-0.3, -0.25) is 4.99 Å². The molecule has 1 heterocycles. The van der Waals surface area contributed by atoms with Crippen LogP contribution in [0.15, 0.2) is 53.5 Å². The monoisotopic (exact) mass is 401 g/mol. The van der Waals surface area contributed by atoms with Gasteiger partial charge in [0, 0.05) is 17.3 Å². The number of carbonyl (C=O) groups is 1. The maximum atomic E-state index is 12.4. The molecule has 0 amide bonds. The standard InChI is InChI=1S/C26H27NO3/c1-16-15-18-9-5-6-12-19(18)22(21(16)24(25(28)29)30-26(2,3)4)20-13-7-10-17-11-8-14-27-23(17)20/h5-7,9-10,12-15,24H,8,11H2,1-4H3,(H,28,29)/t24-/m0/s1. The van der Waals surface area contributed by atoms with Crippen LogP contribution in [0.1, 0.15) is 50.0 Å². The van der Waals surface area contributed by atoms with E-state index in [1.165, 1.54) is 5.56 Å². The number of ether oxygens (including phenoxy) is 1. The molecular weight excluding hydrogens is 374 g/mol. The van der Waals surface area contributed by atoms with Crippen LogP contribution in [0.3, 0.4) is 0 Å². The summed E-state index contributed by atoms with van der Waals surface area (Å²) < 4.78 is 6.08. The lowest BCUT2D eigenvalue weighted by atomic mass is 9.85. The first-order valence-corrected chi connectivity index (χ1v) is 10.3. The van der Waals surface area contributed by atoms with Crippen molar-refractivity contribution in [1.82, 2.24) is 0 Å². The minimum Gasteiger partial charge on any atom is -0.479 e. The molecule has 3 aromatic carbocycles. The van der Waals surface area contributed by atoms with E-state index in [-0.39, 0.29) is 0 Å². The molecule has 4 rings (SSSR count). The number of carboxylic acids is 1. The highest BCUT2D eigenvalue weighted by Gasteiger charge is 2.32. The average molecular weight is 402 g/mol. The van der Waals surface area contributed by atoms with Crippen LogP contribution >= 0.6 is 0 Å². The fourth-order valence-electron chi connectivity index (χ4n) is 4.24. The zero-order chi connectivity index (χ0) is 21.5. The summed E-state index contributed by atoms with van der Waals surface area (Å²) in [6, 6.07) is 16.3. The summed E-state index contributed by atoms with van der Waals surface area (Å²) in [6.07, 6.45) is 2.73. The molecule has 0 saturated carbocycles. The van der Waals surface area contributed by atoms with Crippen LogP contribution in [0.25, 0.3) is 21.9 Å². The summed E-state index contributed by atoms with van der Waals surface area (Å²) >= 11 is 0. The Morgan fingerprint density at radius 1 is 1.13 bits per heavy atom. The number of para-hydroxylation sites is 1. The van der Waals surface area contributed by atoms with Crippen LogP contribution in [0.5, 0.6) is 0 Å². The van der Waals surface area contributed by atoms with Crippen LogP contribution in [0.4, 0.5) is 5.69 Å². The normalized spacial score (nSPS) is 14.5. The molecule has 0 radical (unpaired) electrons. The number of aliphatic imine (C=N–C) groups is 1. The second kappa shape index (κ2) is 7.69. The number of nitrogens with zero attached hydrogens (tertiary/aromatic N) is 1. The minimum atomic E-state index is -1.08. The number of fused-ring (bicyclic) bond motifs is 2. The fraction of sp³-hybridized carbons (Fsp3) is 0.308. The lowest BCUT2D eigenvalue weighted by Gasteiger charge is -2.29. The minimum absolute atomic E-state index is 0.604. The van der Waals surface area contributed by atoms with Gasteiger partial charge in [-0.15, -0.1) is 0 Å². The van der Waals surface area contributed by atoms with Crippen molar-refractivity contribution in [2.24, 2.45) is 4.99 Å². The zero-order valence-corrected chi connectivity index (χ0v) is 17.9. The van der Waals surface area contributed by atoms with Gasteiger partial charge in [-0.1, -0.05) is 48.5 Å². The molecule has 1 aliphatic heterocycles. The number of rotatable bonds is 4. The lowest BCUT2D eigenvalue weighted by molar-refractivity contribution is -0.160. The van der Waals surface area contributed by atoms with Crippen LogP contribution in [0.2, 0.25) is 0 Å². The van der Waals surface area contributed by atoms with E-state index in [0.717, 1.165) is 46.0 Å². The molecule has 3 aromatic rings. The summed E-state index contributed by atoms with van der Waals surface area (Å²) in [6.45, 7) is 7.61. The van der Waals surface area contributed by atoms with Crippen LogP contribution in [-0.2, 0) is 16.0 Å². The molecule has 0 saturated heterocycles. The lowest BCUT2D eigenvalue weighted by Crippen LogP contribution is -2.28. The Balaban J connectivity index is 2.10. The number of hydrogen-bond donors (Lipinski definition) is 1.